The smallest absolute Gasteiger partial charge is 0.166 e. The van der Waals surface area contributed by atoms with E-state index >= 15 is 0 Å². The first-order valence-corrected chi connectivity index (χ1v) is 11.1. The van der Waals surface area contributed by atoms with E-state index < -0.39 is 7.38 Å². The van der Waals surface area contributed by atoms with E-state index in [1.165, 1.54) is 38.5 Å². The average Bonchev–Trinajstić information content (AvgIpc) is 2.28. The minimum atomic E-state index is -1.77. The summed E-state index contributed by atoms with van der Waals surface area (Å²) in [5, 5.41) is 0.354. The average molecular weight is 291 g/mol. The molecule has 0 bridgehead atoms. The van der Waals surface area contributed by atoms with Crippen LogP contribution in [0.5, 0.6) is 0 Å². The van der Waals surface area contributed by atoms with Crippen LogP contribution in [0, 0.1) is 0 Å². The van der Waals surface area contributed by atoms with Crippen molar-refractivity contribution >= 4 is 18.5 Å². The molecule has 0 saturated heterocycles. The normalized spacial score (nSPS) is 19.3. The van der Waals surface area contributed by atoms with Crippen LogP contribution in [0.4, 0.5) is 0 Å². The molecule has 2 heteroatoms. The predicted octanol–water partition coefficient (Wildman–Crippen LogP) is 7.13. The Labute approximate surface area is 122 Å². The summed E-state index contributed by atoms with van der Waals surface area (Å²) < 4.78 is 0. The molecule has 2 atom stereocenters. The Hall–Kier alpha value is 0.507. The monoisotopic (exact) mass is 290 g/mol. The first-order chi connectivity index (χ1) is 8.27. The summed E-state index contributed by atoms with van der Waals surface area (Å²) in [5.74, 6) is 0. The molecule has 0 aliphatic carbocycles. The summed E-state index contributed by atoms with van der Waals surface area (Å²) in [5.41, 5.74) is 1.46. The van der Waals surface area contributed by atoms with E-state index in [-0.39, 0.29) is 0 Å². The molecule has 0 spiro atoms. The zero-order chi connectivity index (χ0) is 14.4. The highest BCUT2D eigenvalue weighted by Crippen LogP contribution is 2.57. The van der Waals surface area contributed by atoms with Gasteiger partial charge in [0.25, 0.3) is 0 Å². The van der Waals surface area contributed by atoms with Gasteiger partial charge in [-0.1, -0.05) is 80.6 Å². The van der Waals surface area contributed by atoms with Crippen LogP contribution < -0.4 is 0 Å². The maximum Gasteiger partial charge on any atom is 0.167 e. The molecule has 0 radical (unpaired) electrons. The maximum atomic E-state index is 7.41. The van der Waals surface area contributed by atoms with Gasteiger partial charge in [-0.15, -0.1) is 0 Å². The standard InChI is InChI=1S/C16H35ClSi/c1-8-11-14(4)18(17,15(5)12-9-2)16(6,7)13-10-3/h14-15H,8-13H2,1-7H3. The quantitative estimate of drug-likeness (QED) is 0.313. The minimum Gasteiger partial charge on any atom is -0.166 e. The summed E-state index contributed by atoms with van der Waals surface area (Å²) in [6, 6.07) is 0. The summed E-state index contributed by atoms with van der Waals surface area (Å²) in [7, 11) is -1.77. The van der Waals surface area contributed by atoms with Gasteiger partial charge < -0.3 is 0 Å². The highest BCUT2D eigenvalue weighted by molar-refractivity contribution is 7.23. The van der Waals surface area contributed by atoms with Crippen LogP contribution in [0.25, 0.3) is 0 Å². The molecule has 0 amide bonds. The first kappa shape index (κ1) is 18.5. The lowest BCUT2D eigenvalue weighted by molar-refractivity contribution is 0.535. The molecule has 0 aliphatic heterocycles. The first-order valence-electron chi connectivity index (χ1n) is 7.96. The summed E-state index contributed by atoms with van der Waals surface area (Å²) in [6.07, 6.45) is 7.68. The third kappa shape index (κ3) is 4.00. The lowest BCUT2D eigenvalue weighted by Gasteiger charge is -2.48. The Morgan fingerprint density at radius 3 is 1.56 bits per heavy atom. The van der Waals surface area contributed by atoms with Crippen molar-refractivity contribution in [2.75, 3.05) is 0 Å². The maximum absolute atomic E-state index is 7.41. The van der Waals surface area contributed by atoms with Crippen molar-refractivity contribution in [1.29, 1.82) is 0 Å². The Bertz CT molecular complexity index is 213. The van der Waals surface area contributed by atoms with E-state index in [4.69, 9.17) is 11.1 Å². The van der Waals surface area contributed by atoms with Crippen LogP contribution >= 0.6 is 11.1 Å². The van der Waals surface area contributed by atoms with Crippen molar-refractivity contribution in [3.8, 4) is 0 Å². The molecule has 0 aromatic heterocycles. The Kier molecular flexibility index (Phi) is 8.17. The van der Waals surface area contributed by atoms with Crippen molar-refractivity contribution in [3.05, 3.63) is 0 Å². The largest absolute Gasteiger partial charge is 0.167 e. The van der Waals surface area contributed by atoms with Gasteiger partial charge in [0.15, 0.2) is 7.38 Å². The van der Waals surface area contributed by atoms with E-state index in [9.17, 15) is 0 Å². The van der Waals surface area contributed by atoms with Gasteiger partial charge in [-0.3, -0.25) is 0 Å². The zero-order valence-electron chi connectivity index (χ0n) is 13.8. The molecule has 0 nitrogen and oxygen atoms in total. The van der Waals surface area contributed by atoms with Gasteiger partial charge in [-0.05, 0) is 22.5 Å². The molecule has 0 aromatic carbocycles. The fraction of sp³-hybridized carbons (Fsp3) is 1.00. The van der Waals surface area contributed by atoms with E-state index in [0.29, 0.717) is 5.04 Å². The van der Waals surface area contributed by atoms with Gasteiger partial charge in [-0.25, -0.2) is 0 Å². The van der Waals surface area contributed by atoms with Crippen LogP contribution in [0.3, 0.4) is 0 Å². The van der Waals surface area contributed by atoms with E-state index in [1.807, 2.05) is 0 Å². The second-order valence-corrected chi connectivity index (χ2v) is 13.5. The molecule has 0 heterocycles. The SMILES string of the molecule is CCCC(C)[Si](Cl)(C(C)CCC)C(C)(C)CCC. The molecule has 0 aliphatic rings. The third-order valence-electron chi connectivity index (χ3n) is 4.79. The molecule has 0 fully saturated rings. The van der Waals surface area contributed by atoms with Crippen LogP contribution in [0.2, 0.25) is 16.1 Å². The van der Waals surface area contributed by atoms with Crippen LogP contribution in [0.15, 0.2) is 0 Å². The van der Waals surface area contributed by atoms with E-state index in [0.717, 1.165) is 11.1 Å². The van der Waals surface area contributed by atoms with Crippen molar-refractivity contribution in [2.24, 2.45) is 0 Å². The molecule has 18 heavy (non-hydrogen) atoms. The summed E-state index contributed by atoms with van der Waals surface area (Å²) in [4.78, 5) is 0. The molecule has 2 unspecified atom stereocenters. The van der Waals surface area contributed by atoms with E-state index in [1.54, 1.807) is 0 Å². The Balaban J connectivity index is 5.25. The molecule has 0 N–H and O–H groups in total. The summed E-state index contributed by atoms with van der Waals surface area (Å²) in [6.45, 7) is 16.6. The number of halogens is 1. The van der Waals surface area contributed by atoms with Crippen molar-refractivity contribution in [3.63, 3.8) is 0 Å². The molecular weight excluding hydrogens is 256 g/mol. The third-order valence-corrected chi connectivity index (χ3v) is 14.3. The van der Waals surface area contributed by atoms with Gasteiger partial charge >= 0.3 is 0 Å². The summed E-state index contributed by atoms with van der Waals surface area (Å²) >= 11 is 7.41. The van der Waals surface area contributed by atoms with Crippen LogP contribution in [0.1, 0.15) is 87.0 Å². The van der Waals surface area contributed by atoms with Gasteiger partial charge in [0.05, 0.1) is 0 Å². The minimum absolute atomic E-state index is 0.354. The molecule has 0 rings (SSSR count). The predicted molar refractivity (Wildman–Crippen MR) is 89.2 cm³/mol. The topological polar surface area (TPSA) is 0 Å². The molecule has 0 aromatic rings. The van der Waals surface area contributed by atoms with Crippen LogP contribution in [-0.2, 0) is 0 Å². The fourth-order valence-corrected chi connectivity index (χ4v) is 10.6. The lowest BCUT2D eigenvalue weighted by Crippen LogP contribution is -2.47. The molecule has 110 valence electrons. The van der Waals surface area contributed by atoms with Gasteiger partial charge in [-0.2, -0.15) is 11.1 Å². The fourth-order valence-electron chi connectivity index (χ4n) is 3.92. The molecular formula is C16H35ClSi. The highest BCUT2D eigenvalue weighted by atomic mass is 35.6. The lowest BCUT2D eigenvalue weighted by atomic mass is 10.1. The van der Waals surface area contributed by atoms with E-state index in [2.05, 4.69) is 48.5 Å². The Morgan fingerprint density at radius 2 is 1.28 bits per heavy atom. The second kappa shape index (κ2) is 7.94. The van der Waals surface area contributed by atoms with Gasteiger partial charge in [0, 0.05) is 0 Å². The van der Waals surface area contributed by atoms with Crippen molar-refractivity contribution in [1.82, 2.24) is 0 Å². The Morgan fingerprint density at radius 1 is 0.889 bits per heavy atom. The second-order valence-electron chi connectivity index (χ2n) is 6.78. The highest BCUT2D eigenvalue weighted by Gasteiger charge is 2.52. The number of hydrogen-bond acceptors (Lipinski definition) is 0. The van der Waals surface area contributed by atoms with Crippen molar-refractivity contribution in [2.45, 2.75) is 103 Å². The molecule has 0 saturated carbocycles. The zero-order valence-corrected chi connectivity index (χ0v) is 15.5. The van der Waals surface area contributed by atoms with Gasteiger partial charge in [0.2, 0.25) is 0 Å². The number of rotatable bonds is 9. The number of hydrogen-bond donors (Lipinski definition) is 0. The van der Waals surface area contributed by atoms with Crippen molar-refractivity contribution < 1.29 is 0 Å². The van der Waals surface area contributed by atoms with Gasteiger partial charge in [0.1, 0.15) is 0 Å². The van der Waals surface area contributed by atoms with Crippen LogP contribution in [-0.4, -0.2) is 7.38 Å².